The third kappa shape index (κ3) is 23.7. The van der Waals surface area contributed by atoms with Gasteiger partial charge in [0.05, 0.1) is 74.2 Å². The van der Waals surface area contributed by atoms with Crippen LogP contribution in [0.3, 0.4) is 0 Å². The van der Waals surface area contributed by atoms with Gasteiger partial charge in [-0.25, -0.2) is 8.78 Å². The highest BCUT2D eigenvalue weighted by Gasteiger charge is 2.47. The van der Waals surface area contributed by atoms with E-state index in [4.69, 9.17) is 14.2 Å². The zero-order chi connectivity index (χ0) is 58.3. The smallest absolute Gasteiger partial charge is 0.317 e. The summed E-state index contributed by atoms with van der Waals surface area (Å²) in [5.41, 5.74) is -0.580. The number of carboxylic acids is 3. The maximum absolute atomic E-state index is 14.0. The lowest BCUT2D eigenvalue weighted by Crippen LogP contribution is -2.50. The largest absolute Gasteiger partial charge is 0.484 e. The third-order valence-corrected chi connectivity index (χ3v) is 13.5. The first-order valence-electron chi connectivity index (χ1n) is 26.2. The molecule has 27 heteroatoms. The SMILES string of the molecule is COC(C)(C)CCOC(C)(C)CCNC(=O)C(CCCCNC(=O)CN1CCN(CC(=O)O)CCN(CC(=O)O)CCN(CC(=O)O)CC1)NC(=O)COc1ccc2nccc(C(=O)NCC(=O)N3CC(F)(F)C[C@H]3C#N)c2c1. The fourth-order valence-electron chi connectivity index (χ4n) is 8.72. The molecule has 0 radical (unpaired) electrons. The van der Waals surface area contributed by atoms with Gasteiger partial charge >= 0.3 is 17.9 Å². The van der Waals surface area contributed by atoms with Crippen LogP contribution >= 0.6 is 0 Å². The zero-order valence-electron chi connectivity index (χ0n) is 45.7. The van der Waals surface area contributed by atoms with Crippen molar-refractivity contribution in [1.29, 1.82) is 5.26 Å². The summed E-state index contributed by atoms with van der Waals surface area (Å²) in [6, 6.07) is 5.22. The number of hydrogen-bond donors (Lipinski definition) is 7. The number of halogens is 2. The number of methoxy groups -OCH3 is 1. The van der Waals surface area contributed by atoms with Gasteiger partial charge in [-0.05, 0) is 84.1 Å². The van der Waals surface area contributed by atoms with E-state index in [9.17, 15) is 67.7 Å². The molecule has 2 fully saturated rings. The van der Waals surface area contributed by atoms with E-state index >= 15 is 0 Å². The summed E-state index contributed by atoms with van der Waals surface area (Å²) in [6.07, 6.45) is 2.57. The molecule has 2 aliphatic rings. The molecular weight excluding hydrogens is 1040 g/mol. The summed E-state index contributed by atoms with van der Waals surface area (Å²) in [4.78, 5) is 113. The number of carbonyl (C=O) groups is 8. The number of aliphatic carboxylic acids is 3. The molecule has 25 nitrogen and oxygen atoms in total. The van der Waals surface area contributed by atoms with E-state index in [-0.39, 0.29) is 126 Å². The molecule has 0 aliphatic carbocycles. The van der Waals surface area contributed by atoms with Gasteiger partial charge in [0.2, 0.25) is 17.7 Å². The van der Waals surface area contributed by atoms with Gasteiger partial charge < -0.3 is 55.7 Å². The van der Waals surface area contributed by atoms with Crippen molar-refractivity contribution in [3.05, 3.63) is 36.0 Å². The van der Waals surface area contributed by atoms with Gasteiger partial charge in [-0.3, -0.25) is 62.9 Å². The first kappa shape index (κ1) is 64.8. The van der Waals surface area contributed by atoms with Crippen LogP contribution in [-0.2, 0) is 43.0 Å². The molecule has 1 aromatic heterocycles. The Bertz CT molecular complexity index is 2430. The number of ether oxygens (including phenoxy) is 3. The van der Waals surface area contributed by atoms with Crippen molar-refractivity contribution in [2.45, 2.75) is 95.4 Å². The van der Waals surface area contributed by atoms with Gasteiger partial charge in [-0.1, -0.05) is 0 Å². The third-order valence-electron chi connectivity index (χ3n) is 13.5. The fourth-order valence-corrected chi connectivity index (χ4v) is 8.72. The standard InChI is InChI=1S/C52H77F2N11O14/c1-50(2,77-5)13-25-79-51(3,4)12-16-58-49(76)41(8-6-7-14-57-42(66)30-61-17-19-62(31-45(69)70)21-23-64(33-47(73)74)24-22-63(20-18-61)32-46(71)72)60-43(67)34-78-37-9-10-40-39(26-37)38(11-15-56-40)48(75)59-29-44(68)65-35-52(53,54)27-36(65)28-55/h9-11,15,26,36,41H,6-8,12-14,16-25,27,29-35H2,1-5H3,(H,57,66)(H,58,76)(H,59,75)(H,60,67)(H,69,70)(H,71,72)(H,73,74)/t36-,41?/m0/s1. The van der Waals surface area contributed by atoms with E-state index in [1.165, 1.54) is 24.4 Å². The second-order valence-electron chi connectivity index (χ2n) is 20.9. The number of alkyl halides is 2. The summed E-state index contributed by atoms with van der Waals surface area (Å²) in [5.74, 6) is -9.35. The maximum atomic E-state index is 14.0. The second kappa shape index (κ2) is 31.2. The number of nitrogens with one attached hydrogen (secondary N) is 4. The van der Waals surface area contributed by atoms with Crippen LogP contribution in [0.15, 0.2) is 30.5 Å². The Morgan fingerprint density at radius 3 is 1.91 bits per heavy atom. The first-order chi connectivity index (χ1) is 37.3. The molecule has 2 saturated heterocycles. The summed E-state index contributed by atoms with van der Waals surface area (Å²) < 4.78 is 45.3. The van der Waals surface area contributed by atoms with Crippen molar-refractivity contribution >= 4 is 58.3 Å². The number of hydrogen-bond acceptors (Lipinski definition) is 17. The number of carboxylic acid groups (broad SMARTS) is 3. The minimum Gasteiger partial charge on any atom is -0.484 e. The Kier molecular flexibility index (Phi) is 25.6. The Morgan fingerprint density at radius 2 is 1.35 bits per heavy atom. The summed E-state index contributed by atoms with van der Waals surface area (Å²) in [7, 11) is 1.63. The van der Waals surface area contributed by atoms with Crippen LogP contribution in [0.4, 0.5) is 8.78 Å². The van der Waals surface area contributed by atoms with Crippen molar-refractivity contribution in [2.75, 3.05) is 125 Å². The van der Waals surface area contributed by atoms with Gasteiger partial charge in [0.15, 0.2) is 6.61 Å². The maximum Gasteiger partial charge on any atom is 0.317 e. The number of benzene rings is 1. The van der Waals surface area contributed by atoms with E-state index in [0.717, 1.165) is 4.90 Å². The van der Waals surface area contributed by atoms with Crippen LogP contribution < -0.4 is 26.0 Å². The molecular formula is C52H77F2N11O14. The highest BCUT2D eigenvalue weighted by atomic mass is 19.3. The molecule has 0 spiro atoms. The molecule has 2 aromatic rings. The van der Waals surface area contributed by atoms with E-state index in [2.05, 4.69) is 26.3 Å². The van der Waals surface area contributed by atoms with E-state index in [1.807, 2.05) is 27.7 Å². The van der Waals surface area contributed by atoms with Gasteiger partial charge in [-0.15, -0.1) is 0 Å². The lowest BCUT2D eigenvalue weighted by Gasteiger charge is -2.32. The lowest BCUT2D eigenvalue weighted by atomic mass is 10.0. The molecule has 438 valence electrons. The van der Waals surface area contributed by atoms with Crippen LogP contribution in [-0.4, -0.2) is 246 Å². The monoisotopic (exact) mass is 1120 g/mol. The summed E-state index contributed by atoms with van der Waals surface area (Å²) in [6.45, 7) is 7.31. The minimum absolute atomic E-state index is 0.0629. The van der Waals surface area contributed by atoms with Crippen molar-refractivity contribution in [1.82, 2.24) is 50.8 Å². The molecule has 1 aromatic carbocycles. The summed E-state index contributed by atoms with van der Waals surface area (Å²) in [5, 5.41) is 49.0. The van der Waals surface area contributed by atoms with Crippen molar-refractivity contribution < 1.29 is 76.7 Å². The quantitative estimate of drug-likeness (QED) is 0.0545. The number of nitriles is 1. The van der Waals surface area contributed by atoms with E-state index in [1.54, 1.807) is 38.8 Å². The highest BCUT2D eigenvalue weighted by molar-refractivity contribution is 6.07. The van der Waals surface area contributed by atoms with Crippen molar-refractivity contribution in [3.8, 4) is 11.8 Å². The number of aromatic nitrogens is 1. The second-order valence-corrected chi connectivity index (χ2v) is 20.9. The van der Waals surface area contributed by atoms with Crippen molar-refractivity contribution in [2.24, 2.45) is 0 Å². The molecule has 3 heterocycles. The number of carbonyl (C=O) groups excluding carboxylic acids is 5. The molecule has 2 aliphatic heterocycles. The van der Waals surface area contributed by atoms with Crippen LogP contribution in [0.5, 0.6) is 5.75 Å². The van der Waals surface area contributed by atoms with Gasteiger partial charge in [0.25, 0.3) is 17.7 Å². The molecule has 1 unspecified atom stereocenters. The van der Waals surface area contributed by atoms with E-state index in [0.29, 0.717) is 37.8 Å². The Labute approximate surface area is 458 Å². The Balaban J connectivity index is 1.37. The fraction of sp³-hybridized carbons (Fsp3) is 0.654. The number of amides is 5. The number of unbranched alkanes of at least 4 members (excludes halogenated alkanes) is 1. The number of fused-ring (bicyclic) bond motifs is 1. The predicted molar refractivity (Wildman–Crippen MR) is 281 cm³/mol. The average molecular weight is 1120 g/mol. The topological polar surface area (TPSA) is 326 Å². The minimum atomic E-state index is -3.23. The predicted octanol–water partition coefficient (Wildman–Crippen LogP) is 0.466. The van der Waals surface area contributed by atoms with Crippen LogP contribution in [0.2, 0.25) is 0 Å². The average Bonchev–Trinajstić information content (AvgIpc) is 3.75. The number of pyridine rings is 1. The molecule has 0 bridgehead atoms. The molecule has 7 N–H and O–H groups in total. The molecule has 5 amide bonds. The first-order valence-corrected chi connectivity index (χ1v) is 26.2. The number of likely N-dealkylation sites (tertiary alicyclic amines) is 1. The van der Waals surface area contributed by atoms with Crippen molar-refractivity contribution in [3.63, 3.8) is 0 Å². The Hall–Kier alpha value is -6.70. The van der Waals surface area contributed by atoms with Crippen LogP contribution in [0, 0.1) is 11.3 Å². The number of rotatable bonds is 29. The van der Waals surface area contributed by atoms with Gasteiger partial charge in [-0.2, -0.15) is 5.26 Å². The molecule has 0 saturated carbocycles. The molecule has 79 heavy (non-hydrogen) atoms. The Morgan fingerprint density at radius 1 is 0.772 bits per heavy atom. The summed E-state index contributed by atoms with van der Waals surface area (Å²) >= 11 is 0. The van der Waals surface area contributed by atoms with Gasteiger partial charge in [0, 0.05) is 90.6 Å². The van der Waals surface area contributed by atoms with E-state index < -0.39 is 91.3 Å². The lowest BCUT2D eigenvalue weighted by molar-refractivity contribution is -0.140. The van der Waals surface area contributed by atoms with Crippen LogP contribution in [0.25, 0.3) is 10.9 Å². The molecule has 2 atom stereocenters. The normalized spacial score (nSPS) is 17.6. The zero-order valence-corrected chi connectivity index (χ0v) is 45.7. The van der Waals surface area contributed by atoms with Gasteiger partial charge in [0.1, 0.15) is 17.8 Å². The molecule has 4 rings (SSSR count). The number of nitrogens with zero attached hydrogens (tertiary/aromatic N) is 7. The van der Waals surface area contributed by atoms with Crippen LogP contribution in [0.1, 0.15) is 76.6 Å². The highest BCUT2D eigenvalue weighted by Crippen LogP contribution is 2.32.